The standard InChI is InChI=1S/C10H18N2O3S/c1-10(2-3-10)9(13)12-7-8-6-11-4-5-16(8,14)15/h8,11H,2-7H2,1H3,(H,12,13). The smallest absolute Gasteiger partial charge is 0.225 e. The molecule has 1 amide bonds. The highest BCUT2D eigenvalue weighted by atomic mass is 32.2. The Kier molecular flexibility index (Phi) is 2.96. The van der Waals surface area contributed by atoms with Gasteiger partial charge in [-0.1, -0.05) is 6.92 Å². The molecule has 92 valence electrons. The molecule has 0 spiro atoms. The molecule has 1 unspecified atom stereocenters. The fourth-order valence-electron chi connectivity index (χ4n) is 1.80. The van der Waals surface area contributed by atoms with Crippen molar-refractivity contribution in [1.82, 2.24) is 10.6 Å². The van der Waals surface area contributed by atoms with E-state index in [1.807, 2.05) is 6.92 Å². The van der Waals surface area contributed by atoms with E-state index in [0.29, 0.717) is 13.1 Å². The number of carbonyl (C=O) groups excluding carboxylic acids is 1. The molecule has 1 saturated heterocycles. The van der Waals surface area contributed by atoms with Crippen molar-refractivity contribution in [3.63, 3.8) is 0 Å². The number of hydrogen-bond acceptors (Lipinski definition) is 4. The van der Waals surface area contributed by atoms with E-state index in [1.54, 1.807) is 0 Å². The van der Waals surface area contributed by atoms with E-state index in [-0.39, 0.29) is 23.6 Å². The molecule has 1 atom stereocenters. The Bertz CT molecular complexity index is 387. The average Bonchev–Trinajstić information content (AvgIpc) is 2.95. The number of carbonyl (C=O) groups is 1. The lowest BCUT2D eigenvalue weighted by Crippen LogP contribution is -2.50. The predicted octanol–water partition coefficient (Wildman–Crippen LogP) is -0.711. The summed E-state index contributed by atoms with van der Waals surface area (Å²) in [7, 11) is -3.02. The topological polar surface area (TPSA) is 75.3 Å². The van der Waals surface area contributed by atoms with E-state index in [0.717, 1.165) is 12.8 Å². The molecule has 0 aromatic carbocycles. The lowest BCUT2D eigenvalue weighted by atomic mass is 10.1. The minimum atomic E-state index is -3.02. The molecule has 1 aliphatic carbocycles. The fraction of sp³-hybridized carbons (Fsp3) is 0.900. The van der Waals surface area contributed by atoms with Crippen LogP contribution < -0.4 is 10.6 Å². The highest BCUT2D eigenvalue weighted by Crippen LogP contribution is 2.44. The summed E-state index contributed by atoms with van der Waals surface area (Å²) in [6.45, 7) is 3.11. The third kappa shape index (κ3) is 2.38. The molecule has 0 radical (unpaired) electrons. The summed E-state index contributed by atoms with van der Waals surface area (Å²) in [4.78, 5) is 11.7. The van der Waals surface area contributed by atoms with E-state index >= 15 is 0 Å². The zero-order valence-electron chi connectivity index (χ0n) is 9.45. The Morgan fingerprint density at radius 2 is 2.19 bits per heavy atom. The summed E-state index contributed by atoms with van der Waals surface area (Å²) in [6, 6.07) is 0. The normalized spacial score (nSPS) is 30.7. The molecular formula is C10H18N2O3S. The monoisotopic (exact) mass is 246 g/mol. The van der Waals surface area contributed by atoms with Crippen molar-refractivity contribution in [1.29, 1.82) is 0 Å². The van der Waals surface area contributed by atoms with Gasteiger partial charge >= 0.3 is 0 Å². The highest BCUT2D eigenvalue weighted by molar-refractivity contribution is 7.92. The average molecular weight is 246 g/mol. The first-order chi connectivity index (χ1) is 7.44. The molecule has 2 rings (SSSR count). The van der Waals surface area contributed by atoms with Crippen LogP contribution >= 0.6 is 0 Å². The van der Waals surface area contributed by atoms with Crippen LogP contribution in [0.4, 0.5) is 0 Å². The first kappa shape index (κ1) is 11.9. The van der Waals surface area contributed by atoms with Crippen molar-refractivity contribution in [2.45, 2.75) is 25.0 Å². The van der Waals surface area contributed by atoms with Crippen molar-refractivity contribution < 1.29 is 13.2 Å². The van der Waals surface area contributed by atoms with Gasteiger partial charge in [0.15, 0.2) is 9.84 Å². The van der Waals surface area contributed by atoms with E-state index < -0.39 is 15.1 Å². The first-order valence-electron chi connectivity index (χ1n) is 5.65. The third-order valence-electron chi connectivity index (χ3n) is 3.48. The van der Waals surface area contributed by atoms with Crippen LogP contribution in [0.15, 0.2) is 0 Å². The largest absolute Gasteiger partial charge is 0.354 e. The van der Waals surface area contributed by atoms with Gasteiger partial charge in [-0.2, -0.15) is 0 Å². The molecule has 2 aliphatic rings. The van der Waals surface area contributed by atoms with Crippen molar-refractivity contribution in [2.24, 2.45) is 5.41 Å². The summed E-state index contributed by atoms with van der Waals surface area (Å²) in [5.41, 5.74) is -0.230. The number of rotatable bonds is 3. The Morgan fingerprint density at radius 1 is 1.50 bits per heavy atom. The second-order valence-electron chi connectivity index (χ2n) is 4.96. The quantitative estimate of drug-likeness (QED) is 0.690. The van der Waals surface area contributed by atoms with E-state index in [1.165, 1.54) is 0 Å². The third-order valence-corrected chi connectivity index (χ3v) is 5.60. The maximum Gasteiger partial charge on any atom is 0.225 e. The summed E-state index contributed by atoms with van der Waals surface area (Å²) in [5, 5.41) is 5.33. The van der Waals surface area contributed by atoms with Crippen LogP contribution in [0.2, 0.25) is 0 Å². The first-order valence-corrected chi connectivity index (χ1v) is 7.36. The van der Waals surface area contributed by atoms with Crippen LogP contribution in [0.1, 0.15) is 19.8 Å². The van der Waals surface area contributed by atoms with Crippen LogP contribution in [-0.2, 0) is 14.6 Å². The Balaban J connectivity index is 1.87. The molecule has 0 aromatic rings. The number of hydrogen-bond donors (Lipinski definition) is 2. The van der Waals surface area contributed by atoms with Crippen molar-refractivity contribution >= 4 is 15.7 Å². The summed E-state index contributed by atoms with van der Waals surface area (Å²) in [6.07, 6.45) is 1.82. The van der Waals surface area contributed by atoms with Gasteiger partial charge in [-0.25, -0.2) is 8.42 Å². The Labute approximate surface area is 95.9 Å². The Morgan fingerprint density at radius 3 is 2.75 bits per heavy atom. The molecule has 1 aliphatic heterocycles. The van der Waals surface area contributed by atoms with Crippen molar-refractivity contribution in [3.8, 4) is 0 Å². The number of amides is 1. The van der Waals surface area contributed by atoms with Gasteiger partial charge < -0.3 is 10.6 Å². The van der Waals surface area contributed by atoms with E-state index in [4.69, 9.17) is 0 Å². The van der Waals surface area contributed by atoms with Gasteiger partial charge in [0.05, 0.1) is 11.0 Å². The summed E-state index contributed by atoms with van der Waals surface area (Å²) < 4.78 is 23.3. The second-order valence-corrected chi connectivity index (χ2v) is 7.36. The highest BCUT2D eigenvalue weighted by Gasteiger charge is 2.45. The van der Waals surface area contributed by atoms with Gasteiger partial charge in [-0.15, -0.1) is 0 Å². The predicted molar refractivity (Wildman–Crippen MR) is 60.8 cm³/mol. The SMILES string of the molecule is CC1(C(=O)NCC2CNCCS2(=O)=O)CC1. The maximum absolute atomic E-state index is 11.7. The fourth-order valence-corrected chi connectivity index (χ4v) is 3.28. The molecule has 1 heterocycles. The lowest BCUT2D eigenvalue weighted by molar-refractivity contribution is -0.125. The van der Waals surface area contributed by atoms with Gasteiger partial charge in [0.25, 0.3) is 0 Å². The van der Waals surface area contributed by atoms with Crippen LogP contribution in [0.3, 0.4) is 0 Å². The van der Waals surface area contributed by atoms with Crippen LogP contribution in [0.5, 0.6) is 0 Å². The molecule has 5 nitrogen and oxygen atoms in total. The van der Waals surface area contributed by atoms with Crippen molar-refractivity contribution in [2.75, 3.05) is 25.4 Å². The molecule has 2 N–H and O–H groups in total. The van der Waals surface area contributed by atoms with Gasteiger partial charge in [0, 0.05) is 25.0 Å². The minimum Gasteiger partial charge on any atom is -0.354 e. The number of sulfone groups is 1. The number of nitrogens with one attached hydrogen (secondary N) is 2. The zero-order chi connectivity index (χ0) is 11.8. The van der Waals surface area contributed by atoms with E-state index in [2.05, 4.69) is 10.6 Å². The molecule has 16 heavy (non-hydrogen) atoms. The summed E-state index contributed by atoms with van der Waals surface area (Å²) >= 11 is 0. The molecule has 2 fully saturated rings. The van der Waals surface area contributed by atoms with Crippen molar-refractivity contribution in [3.05, 3.63) is 0 Å². The van der Waals surface area contributed by atoms with Gasteiger partial charge in [0.1, 0.15) is 0 Å². The van der Waals surface area contributed by atoms with Crippen LogP contribution in [-0.4, -0.2) is 45.0 Å². The second kappa shape index (κ2) is 4.00. The van der Waals surface area contributed by atoms with Crippen LogP contribution in [0.25, 0.3) is 0 Å². The molecule has 0 aromatic heterocycles. The molecule has 1 saturated carbocycles. The Hall–Kier alpha value is -0.620. The molecular weight excluding hydrogens is 228 g/mol. The van der Waals surface area contributed by atoms with E-state index in [9.17, 15) is 13.2 Å². The van der Waals surface area contributed by atoms with Gasteiger partial charge in [-0.3, -0.25) is 4.79 Å². The van der Waals surface area contributed by atoms with Gasteiger partial charge in [0.2, 0.25) is 5.91 Å². The summed E-state index contributed by atoms with van der Waals surface area (Å²) in [5.74, 6) is 0.165. The minimum absolute atomic E-state index is 0.00623. The van der Waals surface area contributed by atoms with Crippen LogP contribution in [0, 0.1) is 5.41 Å². The zero-order valence-corrected chi connectivity index (χ0v) is 10.3. The lowest BCUT2D eigenvalue weighted by Gasteiger charge is -2.24. The molecule has 0 bridgehead atoms. The molecule has 6 heteroatoms. The maximum atomic E-state index is 11.7. The van der Waals surface area contributed by atoms with Gasteiger partial charge in [-0.05, 0) is 12.8 Å².